The van der Waals surface area contributed by atoms with Crippen molar-refractivity contribution in [3.8, 4) is 17.2 Å². The molecule has 0 spiro atoms. The van der Waals surface area contributed by atoms with Gasteiger partial charge in [-0.2, -0.15) is 0 Å². The van der Waals surface area contributed by atoms with E-state index >= 15 is 0 Å². The third-order valence-electron chi connectivity index (χ3n) is 3.58. The highest BCUT2D eigenvalue weighted by atomic mass is 32.2. The number of rotatable bonds is 9. The molecule has 0 bridgehead atoms. The van der Waals surface area contributed by atoms with E-state index in [0.29, 0.717) is 34.1 Å². The maximum absolute atomic E-state index is 12.4. The molecule has 26 heavy (non-hydrogen) atoms. The van der Waals surface area contributed by atoms with E-state index in [0.717, 1.165) is 4.90 Å². The number of carbonyl (C=O) groups excluding carboxylic acids is 1. The van der Waals surface area contributed by atoms with Crippen molar-refractivity contribution in [1.29, 1.82) is 0 Å². The molecule has 0 aliphatic carbocycles. The average molecular weight is 378 g/mol. The van der Waals surface area contributed by atoms with Gasteiger partial charge in [0.25, 0.3) is 0 Å². The normalized spacial score (nSPS) is 10.3. The Labute approximate surface area is 157 Å². The van der Waals surface area contributed by atoms with Gasteiger partial charge >= 0.3 is 5.97 Å². The molecule has 0 heterocycles. The minimum Gasteiger partial charge on any atom is -0.493 e. The molecule has 0 unspecified atom stereocenters. The minimum absolute atomic E-state index is 0.00918. The Morgan fingerprint density at radius 1 is 1.00 bits per heavy atom. The lowest BCUT2D eigenvalue weighted by molar-refractivity contribution is 0.0461. The Morgan fingerprint density at radius 2 is 1.73 bits per heavy atom. The molecule has 2 aromatic rings. The van der Waals surface area contributed by atoms with E-state index in [-0.39, 0.29) is 6.79 Å². The first kappa shape index (κ1) is 19.9. The maximum Gasteiger partial charge on any atom is 0.342 e. The van der Waals surface area contributed by atoms with E-state index in [2.05, 4.69) is 0 Å². The van der Waals surface area contributed by atoms with Crippen molar-refractivity contribution in [2.45, 2.75) is 10.6 Å². The van der Waals surface area contributed by atoms with Gasteiger partial charge in [-0.3, -0.25) is 0 Å². The summed E-state index contributed by atoms with van der Waals surface area (Å²) in [5.41, 5.74) is 0.935. The van der Waals surface area contributed by atoms with Crippen LogP contribution in [-0.4, -0.2) is 41.2 Å². The topological polar surface area (TPSA) is 63.2 Å². The number of carbonyl (C=O) groups is 1. The van der Waals surface area contributed by atoms with Crippen molar-refractivity contribution in [2.24, 2.45) is 0 Å². The van der Waals surface area contributed by atoms with Crippen molar-refractivity contribution < 1.29 is 28.5 Å². The second kappa shape index (κ2) is 9.94. The van der Waals surface area contributed by atoms with Crippen molar-refractivity contribution in [2.75, 3.05) is 35.2 Å². The lowest BCUT2D eigenvalue weighted by Gasteiger charge is -2.19. The maximum atomic E-state index is 12.4. The first-order chi connectivity index (χ1) is 12.7. The molecule has 2 rings (SSSR count). The van der Waals surface area contributed by atoms with Crippen molar-refractivity contribution >= 4 is 17.7 Å². The monoisotopic (exact) mass is 378 g/mol. The summed E-state index contributed by atoms with van der Waals surface area (Å²) < 4.78 is 26.4. The number of thioether (sulfide) groups is 1. The molecule has 0 aliphatic rings. The molecular formula is C19H22O6S. The number of ether oxygens (including phenoxy) is 5. The van der Waals surface area contributed by atoms with Crippen LogP contribution in [-0.2, 0) is 15.2 Å². The van der Waals surface area contributed by atoms with E-state index in [1.807, 2.05) is 30.3 Å². The predicted molar refractivity (Wildman–Crippen MR) is 99.4 cm³/mol. The van der Waals surface area contributed by atoms with Gasteiger partial charge < -0.3 is 23.7 Å². The summed E-state index contributed by atoms with van der Waals surface area (Å²) in [6.07, 6.45) is 0. The Balaban J connectivity index is 2.53. The quantitative estimate of drug-likeness (QED) is 0.374. The molecule has 2 aromatic carbocycles. The molecule has 6 nitrogen and oxygen atoms in total. The summed E-state index contributed by atoms with van der Waals surface area (Å²) in [6, 6.07) is 11.5. The van der Waals surface area contributed by atoms with E-state index in [1.165, 1.54) is 28.4 Å². The van der Waals surface area contributed by atoms with Crippen LogP contribution < -0.4 is 14.2 Å². The number of benzene rings is 2. The largest absolute Gasteiger partial charge is 0.493 e. The lowest BCUT2D eigenvalue weighted by atomic mass is 10.1. The number of hydrogen-bond acceptors (Lipinski definition) is 7. The predicted octanol–water partition coefficient (Wildman–Crippen LogP) is 3.77. The number of esters is 1. The van der Waals surface area contributed by atoms with Crippen molar-refractivity contribution in [3.05, 3.63) is 47.5 Å². The van der Waals surface area contributed by atoms with Crippen LogP contribution in [0.4, 0.5) is 0 Å². The van der Waals surface area contributed by atoms with Crippen LogP contribution in [0.5, 0.6) is 17.2 Å². The van der Waals surface area contributed by atoms with Gasteiger partial charge in [0.05, 0.1) is 21.3 Å². The molecule has 0 aromatic heterocycles. The number of hydrogen-bond donors (Lipinski definition) is 0. The summed E-state index contributed by atoms with van der Waals surface area (Å²) >= 11 is 1.57. The van der Waals surface area contributed by atoms with Gasteiger partial charge in [-0.05, 0) is 12.1 Å². The smallest absolute Gasteiger partial charge is 0.342 e. The first-order valence-electron chi connectivity index (χ1n) is 7.82. The second-order valence-electron chi connectivity index (χ2n) is 5.11. The first-order valence-corrected chi connectivity index (χ1v) is 8.80. The van der Waals surface area contributed by atoms with Gasteiger partial charge in [-0.15, -0.1) is 11.8 Å². The lowest BCUT2D eigenvalue weighted by Crippen LogP contribution is -2.12. The Kier molecular flexibility index (Phi) is 7.62. The molecule has 0 saturated carbocycles. The van der Waals surface area contributed by atoms with Gasteiger partial charge in [0.2, 0.25) is 0 Å². The van der Waals surface area contributed by atoms with Crippen LogP contribution in [0.1, 0.15) is 15.9 Å². The fourth-order valence-electron chi connectivity index (χ4n) is 2.42. The highest BCUT2D eigenvalue weighted by Gasteiger charge is 2.26. The van der Waals surface area contributed by atoms with Crippen LogP contribution in [0.15, 0.2) is 41.3 Å². The van der Waals surface area contributed by atoms with E-state index in [4.69, 9.17) is 23.7 Å². The minimum atomic E-state index is -0.513. The molecule has 0 fully saturated rings. The highest BCUT2D eigenvalue weighted by Crippen LogP contribution is 2.42. The van der Waals surface area contributed by atoms with Gasteiger partial charge in [-0.1, -0.05) is 18.2 Å². The standard InChI is InChI=1S/C19H22O6S/c1-21-12-25-15-10-16(22-2)18(23-3)14(17(15)19(20)24-4)11-26-13-8-6-5-7-9-13/h5-10H,11-12H2,1-4H3. The average Bonchev–Trinajstić information content (AvgIpc) is 2.69. The summed E-state index contributed by atoms with van der Waals surface area (Å²) in [6.45, 7) is -0.00918. The van der Waals surface area contributed by atoms with E-state index in [9.17, 15) is 4.79 Å². The zero-order valence-corrected chi connectivity index (χ0v) is 16.1. The molecule has 0 amide bonds. The fraction of sp³-hybridized carbons (Fsp3) is 0.316. The molecule has 0 saturated heterocycles. The zero-order valence-electron chi connectivity index (χ0n) is 15.2. The van der Waals surface area contributed by atoms with Crippen molar-refractivity contribution in [1.82, 2.24) is 0 Å². The number of methoxy groups -OCH3 is 4. The SMILES string of the molecule is COCOc1cc(OC)c(OC)c(CSc2ccccc2)c1C(=O)OC. The van der Waals surface area contributed by atoms with Crippen molar-refractivity contribution in [3.63, 3.8) is 0 Å². The molecular weight excluding hydrogens is 356 g/mol. The van der Waals surface area contributed by atoms with Crippen LogP contribution in [0.2, 0.25) is 0 Å². The Hall–Kier alpha value is -2.38. The van der Waals surface area contributed by atoms with E-state index < -0.39 is 5.97 Å². The van der Waals surface area contributed by atoms with Gasteiger partial charge in [0, 0.05) is 29.4 Å². The van der Waals surface area contributed by atoms with Gasteiger partial charge in [0.15, 0.2) is 18.3 Å². The van der Waals surface area contributed by atoms with Crippen LogP contribution in [0.3, 0.4) is 0 Å². The Bertz CT molecular complexity index is 733. The zero-order chi connectivity index (χ0) is 18.9. The van der Waals surface area contributed by atoms with E-state index in [1.54, 1.807) is 17.8 Å². The summed E-state index contributed by atoms with van der Waals surface area (Å²) in [5, 5.41) is 0. The molecule has 0 atom stereocenters. The van der Waals surface area contributed by atoms with Crippen LogP contribution in [0, 0.1) is 0 Å². The summed E-state index contributed by atoms with van der Waals surface area (Å²) in [7, 11) is 5.90. The molecule has 0 N–H and O–H groups in total. The third-order valence-corrected chi connectivity index (χ3v) is 4.62. The molecule has 7 heteroatoms. The fourth-order valence-corrected chi connectivity index (χ4v) is 3.35. The molecule has 0 aliphatic heterocycles. The highest BCUT2D eigenvalue weighted by molar-refractivity contribution is 7.98. The Morgan fingerprint density at radius 3 is 2.31 bits per heavy atom. The third kappa shape index (κ3) is 4.62. The van der Waals surface area contributed by atoms with Gasteiger partial charge in [0.1, 0.15) is 11.3 Å². The summed E-state index contributed by atoms with van der Waals surface area (Å²) in [5.74, 6) is 1.22. The van der Waals surface area contributed by atoms with Gasteiger partial charge in [-0.25, -0.2) is 4.79 Å². The molecule has 140 valence electrons. The second-order valence-corrected chi connectivity index (χ2v) is 6.16. The summed E-state index contributed by atoms with van der Waals surface area (Å²) in [4.78, 5) is 13.5. The van der Waals surface area contributed by atoms with Crippen LogP contribution in [0.25, 0.3) is 0 Å². The van der Waals surface area contributed by atoms with Crippen LogP contribution >= 0.6 is 11.8 Å². The molecule has 0 radical (unpaired) electrons.